The zero-order valence-electron chi connectivity index (χ0n) is 24.2. The Hall–Kier alpha value is -1.94. The second-order valence-electron chi connectivity index (χ2n) is 12.6. The Kier molecular flexibility index (Phi) is 10.2. The zero-order valence-corrected chi connectivity index (χ0v) is 28.8. The minimum Gasteiger partial charge on any atom is -0.462 e. The number of hydrogen-bond donors (Lipinski definition) is 0. The maximum absolute atomic E-state index is 13.2. The van der Waals surface area contributed by atoms with Gasteiger partial charge in [-0.05, 0) is 86.2 Å². The van der Waals surface area contributed by atoms with Crippen LogP contribution in [0.4, 0.5) is 0 Å². The van der Waals surface area contributed by atoms with E-state index in [1.54, 1.807) is 0 Å². The number of benzene rings is 2. The fourth-order valence-corrected chi connectivity index (χ4v) is 9.10. The Bertz CT molecular complexity index is 1490. The highest BCUT2D eigenvalue weighted by atomic mass is 35.5. The first-order valence-corrected chi connectivity index (χ1v) is 17.3. The highest BCUT2D eigenvalue weighted by molar-refractivity contribution is 6.47. The molecule has 4 fully saturated rings. The molecule has 4 aliphatic carbocycles. The average Bonchev–Trinajstić information content (AvgIpc) is 3.83. The third-order valence-electron chi connectivity index (χ3n) is 9.84. The normalized spacial score (nSPS) is 25.9. The van der Waals surface area contributed by atoms with Crippen LogP contribution in [-0.4, -0.2) is 37.1 Å². The second-order valence-corrected chi connectivity index (χ2v) is 14.9. The van der Waals surface area contributed by atoms with Crippen molar-refractivity contribution in [3.63, 3.8) is 0 Å². The third kappa shape index (κ3) is 6.81. The molecule has 2 aromatic carbocycles. The van der Waals surface area contributed by atoms with Gasteiger partial charge in [-0.3, -0.25) is 0 Å². The second kappa shape index (κ2) is 13.9. The Morgan fingerprint density at radius 2 is 0.957 bits per heavy atom. The monoisotopic (exact) mass is 750 g/mol. The first kappa shape index (κ1) is 33.9. The summed E-state index contributed by atoms with van der Waals surface area (Å²) in [5.41, 5.74) is -0.859. The molecular formula is C32H28Cl6O8. The topological polar surface area (TPSA) is 105 Å². The molecule has 0 amide bonds. The molecule has 0 spiro atoms. The number of halogens is 6. The number of carbonyl (C=O) groups excluding carboxylic acids is 4. The van der Waals surface area contributed by atoms with Gasteiger partial charge in [0, 0.05) is 0 Å². The molecule has 4 aliphatic rings. The van der Waals surface area contributed by atoms with Gasteiger partial charge in [0.2, 0.25) is 0 Å². The SMILES string of the molecule is O=C(Oc1c(Cl)cc(Cl)c(Cl)c1C(=O)OCC1CC2CCC1C2)C(=O)Oc1c(Cl)cc(Cl)c(Cl)c1C(=O)OCC1CC2CCC1C2. The maximum Gasteiger partial charge on any atom is 0.423 e. The molecule has 2 aromatic rings. The lowest BCUT2D eigenvalue weighted by molar-refractivity contribution is -0.156. The molecule has 4 saturated carbocycles. The van der Waals surface area contributed by atoms with Crippen molar-refractivity contribution in [3.05, 3.63) is 53.4 Å². The van der Waals surface area contributed by atoms with Crippen molar-refractivity contribution in [3.8, 4) is 11.5 Å². The van der Waals surface area contributed by atoms with E-state index in [4.69, 9.17) is 88.6 Å². The van der Waals surface area contributed by atoms with Crippen LogP contribution in [-0.2, 0) is 19.1 Å². The number of esters is 4. The van der Waals surface area contributed by atoms with Crippen LogP contribution in [0, 0.1) is 35.5 Å². The molecule has 0 aromatic heterocycles. The molecule has 6 atom stereocenters. The zero-order chi connectivity index (χ0) is 32.9. The van der Waals surface area contributed by atoms with Crippen LogP contribution in [0.2, 0.25) is 30.1 Å². The minimum atomic E-state index is -1.62. The van der Waals surface area contributed by atoms with E-state index in [9.17, 15) is 19.2 Å². The van der Waals surface area contributed by atoms with Crippen molar-refractivity contribution in [2.75, 3.05) is 13.2 Å². The molecule has 0 radical (unpaired) electrons. The molecule has 4 bridgehead atoms. The highest BCUT2D eigenvalue weighted by Crippen LogP contribution is 2.50. The molecule has 6 unspecified atom stereocenters. The lowest BCUT2D eigenvalue weighted by atomic mass is 9.89. The summed E-state index contributed by atoms with van der Waals surface area (Å²) >= 11 is 37.5. The fraction of sp³-hybridized carbons (Fsp3) is 0.500. The Balaban J connectivity index is 1.17. The Morgan fingerprint density at radius 3 is 1.28 bits per heavy atom. The van der Waals surface area contributed by atoms with Gasteiger partial charge < -0.3 is 18.9 Å². The third-order valence-corrected chi connectivity index (χ3v) is 12.0. The summed E-state index contributed by atoms with van der Waals surface area (Å²) in [4.78, 5) is 52.4. The first-order valence-electron chi connectivity index (χ1n) is 15.0. The van der Waals surface area contributed by atoms with E-state index in [0.29, 0.717) is 23.7 Å². The van der Waals surface area contributed by atoms with Crippen molar-refractivity contribution >= 4 is 93.5 Å². The molecule has 14 heteroatoms. The Labute approximate surface area is 295 Å². The van der Waals surface area contributed by atoms with Gasteiger partial charge in [-0.25, -0.2) is 19.2 Å². The van der Waals surface area contributed by atoms with Crippen LogP contribution in [0.1, 0.15) is 72.1 Å². The molecule has 0 heterocycles. The van der Waals surface area contributed by atoms with Crippen LogP contribution >= 0.6 is 69.6 Å². The molecular weight excluding hydrogens is 725 g/mol. The van der Waals surface area contributed by atoms with Crippen LogP contribution < -0.4 is 9.47 Å². The van der Waals surface area contributed by atoms with Crippen molar-refractivity contribution < 1.29 is 38.1 Å². The molecule has 0 N–H and O–H groups in total. The predicted molar refractivity (Wildman–Crippen MR) is 173 cm³/mol. The summed E-state index contributed by atoms with van der Waals surface area (Å²) in [5, 5.41) is -1.35. The van der Waals surface area contributed by atoms with Gasteiger partial charge in [0.05, 0.1) is 43.3 Å². The van der Waals surface area contributed by atoms with Gasteiger partial charge in [-0.1, -0.05) is 82.4 Å². The summed E-state index contributed by atoms with van der Waals surface area (Å²) in [6, 6.07) is 2.29. The standard InChI is InChI=1S/C32H28Cl6O8/c33-19-9-21(35)27(23(25(19)37)29(39)43-11-17-7-13-1-3-15(17)5-13)45-31(41)32(42)46-28-22(36)10-20(34)26(38)24(28)30(40)44-12-18-8-14-2-4-16(18)6-14/h9-10,13-18H,1-8,11-12H2. The minimum absolute atomic E-state index is 0.0999. The van der Waals surface area contributed by atoms with Gasteiger partial charge >= 0.3 is 23.9 Å². The van der Waals surface area contributed by atoms with Crippen molar-refractivity contribution in [1.29, 1.82) is 0 Å². The molecule has 0 aliphatic heterocycles. The quantitative estimate of drug-likeness (QED) is 0.114. The van der Waals surface area contributed by atoms with E-state index < -0.39 is 46.5 Å². The van der Waals surface area contributed by atoms with Crippen molar-refractivity contribution in [2.45, 2.75) is 51.4 Å². The molecule has 46 heavy (non-hydrogen) atoms. The number of ether oxygens (including phenoxy) is 4. The number of fused-ring (bicyclic) bond motifs is 4. The summed E-state index contributed by atoms with van der Waals surface area (Å²) in [6.45, 7) is 0.291. The van der Waals surface area contributed by atoms with Gasteiger partial charge in [-0.2, -0.15) is 0 Å². The first-order chi connectivity index (χ1) is 21.9. The smallest absolute Gasteiger partial charge is 0.423 e. The summed E-state index contributed by atoms with van der Waals surface area (Å²) in [6.07, 6.45) is 8.68. The van der Waals surface area contributed by atoms with Crippen LogP contribution in [0.15, 0.2) is 12.1 Å². The summed E-state index contributed by atoms with van der Waals surface area (Å²) < 4.78 is 21.5. The van der Waals surface area contributed by atoms with E-state index in [2.05, 4.69) is 0 Å². The summed E-state index contributed by atoms with van der Waals surface area (Å²) in [7, 11) is 0. The van der Waals surface area contributed by atoms with Crippen molar-refractivity contribution in [2.24, 2.45) is 35.5 Å². The largest absolute Gasteiger partial charge is 0.462 e. The average molecular weight is 753 g/mol. The molecule has 8 nitrogen and oxygen atoms in total. The van der Waals surface area contributed by atoms with Crippen molar-refractivity contribution in [1.82, 2.24) is 0 Å². The van der Waals surface area contributed by atoms with Crippen LogP contribution in [0.5, 0.6) is 11.5 Å². The van der Waals surface area contributed by atoms with Gasteiger partial charge in [0.25, 0.3) is 0 Å². The van der Waals surface area contributed by atoms with Gasteiger partial charge in [-0.15, -0.1) is 0 Å². The van der Waals surface area contributed by atoms with Crippen LogP contribution in [0.3, 0.4) is 0 Å². The number of hydrogen-bond acceptors (Lipinski definition) is 8. The van der Waals surface area contributed by atoms with Gasteiger partial charge in [0.1, 0.15) is 11.1 Å². The van der Waals surface area contributed by atoms with E-state index in [-0.39, 0.29) is 55.2 Å². The number of carbonyl (C=O) groups is 4. The summed E-state index contributed by atoms with van der Waals surface area (Å²) in [5.74, 6) is -3.55. The molecule has 246 valence electrons. The van der Waals surface area contributed by atoms with E-state index in [0.717, 1.165) is 50.7 Å². The van der Waals surface area contributed by atoms with Crippen LogP contribution in [0.25, 0.3) is 0 Å². The highest BCUT2D eigenvalue weighted by Gasteiger charge is 2.41. The predicted octanol–water partition coefficient (Wildman–Crippen LogP) is 9.30. The van der Waals surface area contributed by atoms with Gasteiger partial charge in [0.15, 0.2) is 11.5 Å². The Morgan fingerprint density at radius 1 is 0.565 bits per heavy atom. The number of rotatable bonds is 8. The lowest BCUT2D eigenvalue weighted by Gasteiger charge is -2.22. The van der Waals surface area contributed by atoms with E-state index in [1.165, 1.54) is 12.8 Å². The maximum atomic E-state index is 13.2. The van der Waals surface area contributed by atoms with E-state index >= 15 is 0 Å². The lowest BCUT2D eigenvalue weighted by Crippen LogP contribution is -2.28. The van der Waals surface area contributed by atoms with E-state index in [1.807, 2.05) is 0 Å². The molecule has 6 rings (SSSR count). The molecule has 0 saturated heterocycles. The fourth-order valence-electron chi connectivity index (χ4n) is 7.66.